The molecule has 0 aliphatic carbocycles. The van der Waals surface area contributed by atoms with Crippen molar-refractivity contribution in [1.82, 2.24) is 15.5 Å². The normalized spacial score (nSPS) is 20.3. The van der Waals surface area contributed by atoms with Crippen LogP contribution in [0.1, 0.15) is 31.2 Å². The number of ether oxygens (including phenoxy) is 2. The maximum absolute atomic E-state index is 12.1. The molecule has 0 spiro atoms. The van der Waals surface area contributed by atoms with Gasteiger partial charge in [0.05, 0.1) is 13.2 Å². The molecule has 2 N–H and O–H groups in total. The number of carbonyl (C=O) groups is 1. The van der Waals surface area contributed by atoms with Crippen LogP contribution in [0.4, 0.5) is 4.79 Å². The van der Waals surface area contributed by atoms with E-state index in [0.717, 1.165) is 36.4 Å². The number of amides is 2. The number of methoxy groups -OCH3 is 1. The summed E-state index contributed by atoms with van der Waals surface area (Å²) < 4.78 is 11.0. The maximum Gasteiger partial charge on any atom is 0.315 e. The summed E-state index contributed by atoms with van der Waals surface area (Å²) in [5, 5.41) is 5.97. The van der Waals surface area contributed by atoms with Gasteiger partial charge in [-0.05, 0) is 69.1 Å². The van der Waals surface area contributed by atoms with Crippen LogP contribution in [0.2, 0.25) is 0 Å². The molecule has 1 atom stereocenters. The molecule has 3 rings (SSSR count). The first-order chi connectivity index (χ1) is 12.2. The fraction of sp³-hybridized carbons (Fsp3) is 0.632. The molecule has 0 saturated carbocycles. The van der Waals surface area contributed by atoms with Crippen molar-refractivity contribution in [2.75, 3.05) is 39.9 Å². The van der Waals surface area contributed by atoms with E-state index in [1.165, 1.54) is 32.4 Å². The molecule has 25 heavy (non-hydrogen) atoms. The van der Waals surface area contributed by atoms with Crippen molar-refractivity contribution in [2.45, 2.75) is 38.1 Å². The van der Waals surface area contributed by atoms with Gasteiger partial charge in [0.2, 0.25) is 0 Å². The highest BCUT2D eigenvalue weighted by atomic mass is 16.5. The number of nitrogens with one attached hydrogen (secondary N) is 2. The third-order valence-corrected chi connectivity index (χ3v) is 4.89. The average Bonchev–Trinajstić information content (AvgIpc) is 2.65. The van der Waals surface area contributed by atoms with Gasteiger partial charge in [-0.3, -0.25) is 0 Å². The lowest BCUT2D eigenvalue weighted by Gasteiger charge is -2.27. The minimum Gasteiger partial charge on any atom is -0.497 e. The predicted molar refractivity (Wildman–Crippen MR) is 97.4 cm³/mol. The molecule has 2 aliphatic rings. The average molecular weight is 347 g/mol. The molecule has 0 aromatic heterocycles. The van der Waals surface area contributed by atoms with Crippen LogP contribution in [0, 0.1) is 0 Å². The first-order valence-electron chi connectivity index (χ1n) is 9.31. The van der Waals surface area contributed by atoms with Crippen molar-refractivity contribution in [3.63, 3.8) is 0 Å². The van der Waals surface area contributed by atoms with Crippen molar-refractivity contribution in [1.29, 1.82) is 0 Å². The van der Waals surface area contributed by atoms with Crippen molar-refractivity contribution in [3.8, 4) is 11.5 Å². The van der Waals surface area contributed by atoms with Crippen molar-refractivity contribution in [3.05, 3.63) is 23.8 Å². The van der Waals surface area contributed by atoms with Crippen LogP contribution in [-0.2, 0) is 6.42 Å². The highest BCUT2D eigenvalue weighted by molar-refractivity contribution is 5.74. The lowest BCUT2D eigenvalue weighted by atomic mass is 10.0. The molecule has 6 nitrogen and oxygen atoms in total. The third-order valence-electron chi connectivity index (χ3n) is 4.89. The molecule has 0 bridgehead atoms. The molecule has 1 unspecified atom stereocenters. The lowest BCUT2D eigenvalue weighted by Crippen LogP contribution is -2.47. The molecular weight excluding hydrogens is 318 g/mol. The molecule has 0 radical (unpaired) electrons. The highest BCUT2D eigenvalue weighted by Gasteiger charge is 2.21. The Morgan fingerprint density at radius 2 is 2.16 bits per heavy atom. The maximum atomic E-state index is 12.1. The van der Waals surface area contributed by atoms with E-state index in [1.807, 2.05) is 18.2 Å². The number of urea groups is 1. The first-order valence-corrected chi connectivity index (χ1v) is 9.31. The summed E-state index contributed by atoms with van der Waals surface area (Å²) >= 11 is 0. The molecule has 1 aromatic carbocycles. The third kappa shape index (κ3) is 5.26. The minimum absolute atomic E-state index is 0.0123. The quantitative estimate of drug-likeness (QED) is 0.774. The zero-order valence-corrected chi connectivity index (χ0v) is 15.1. The summed E-state index contributed by atoms with van der Waals surface area (Å²) in [6.07, 6.45) is 5.72. The van der Waals surface area contributed by atoms with Crippen molar-refractivity contribution in [2.24, 2.45) is 0 Å². The van der Waals surface area contributed by atoms with Gasteiger partial charge in [0, 0.05) is 6.54 Å². The Kier molecular flexibility index (Phi) is 6.39. The largest absolute Gasteiger partial charge is 0.497 e. The zero-order valence-electron chi connectivity index (χ0n) is 15.1. The molecule has 1 aromatic rings. The fourth-order valence-corrected chi connectivity index (χ4v) is 3.51. The Labute approximate surface area is 149 Å². The van der Waals surface area contributed by atoms with Crippen molar-refractivity contribution >= 4 is 6.03 Å². The smallest absolute Gasteiger partial charge is 0.315 e. The van der Waals surface area contributed by atoms with E-state index in [2.05, 4.69) is 15.5 Å². The summed E-state index contributed by atoms with van der Waals surface area (Å²) in [6.45, 7) is 4.68. The number of fused-ring (bicyclic) bond motifs is 1. The summed E-state index contributed by atoms with van der Waals surface area (Å²) in [4.78, 5) is 14.6. The SMILES string of the molecule is COc1ccc2c(c1)CC(NC(=O)NCCCN1CCCCC1)CO2. The molecule has 1 fully saturated rings. The number of hydrogen-bond donors (Lipinski definition) is 2. The Morgan fingerprint density at radius 1 is 1.32 bits per heavy atom. The molecule has 2 aliphatic heterocycles. The fourth-order valence-electron chi connectivity index (χ4n) is 3.51. The van der Waals surface area contributed by atoms with Gasteiger partial charge in [-0.25, -0.2) is 4.79 Å². The van der Waals surface area contributed by atoms with E-state index in [-0.39, 0.29) is 12.1 Å². The molecule has 6 heteroatoms. The van der Waals surface area contributed by atoms with Crippen LogP contribution in [0.3, 0.4) is 0 Å². The Balaban J connectivity index is 1.36. The van der Waals surface area contributed by atoms with Crippen LogP contribution in [0.5, 0.6) is 11.5 Å². The molecule has 2 heterocycles. The molecule has 2 amide bonds. The number of piperidine rings is 1. The number of rotatable bonds is 6. The van der Waals surface area contributed by atoms with Crippen LogP contribution in [0.25, 0.3) is 0 Å². The van der Waals surface area contributed by atoms with Gasteiger partial charge in [-0.2, -0.15) is 0 Å². The minimum atomic E-state index is -0.112. The van der Waals surface area contributed by atoms with E-state index >= 15 is 0 Å². The Morgan fingerprint density at radius 3 is 2.96 bits per heavy atom. The van der Waals surface area contributed by atoms with Crippen LogP contribution < -0.4 is 20.1 Å². The second kappa shape index (κ2) is 8.94. The molecule has 1 saturated heterocycles. The van der Waals surface area contributed by atoms with Crippen LogP contribution in [0.15, 0.2) is 18.2 Å². The predicted octanol–water partition coefficient (Wildman–Crippen LogP) is 2.17. The topological polar surface area (TPSA) is 62.8 Å². The first kappa shape index (κ1) is 17.9. The van der Waals surface area contributed by atoms with Gasteiger partial charge < -0.3 is 25.0 Å². The summed E-state index contributed by atoms with van der Waals surface area (Å²) in [6, 6.07) is 5.66. The Bertz CT molecular complexity index is 573. The van der Waals surface area contributed by atoms with E-state index in [4.69, 9.17) is 9.47 Å². The second-order valence-electron chi connectivity index (χ2n) is 6.84. The molecule has 138 valence electrons. The van der Waals surface area contributed by atoms with E-state index in [1.54, 1.807) is 7.11 Å². The number of likely N-dealkylation sites (tertiary alicyclic amines) is 1. The van der Waals surface area contributed by atoms with Gasteiger partial charge >= 0.3 is 6.03 Å². The number of hydrogen-bond acceptors (Lipinski definition) is 4. The van der Waals surface area contributed by atoms with Gasteiger partial charge in [-0.1, -0.05) is 6.42 Å². The number of carbonyl (C=O) groups excluding carboxylic acids is 1. The van der Waals surface area contributed by atoms with E-state index < -0.39 is 0 Å². The molecular formula is C19H29N3O3. The summed E-state index contributed by atoms with van der Waals surface area (Å²) in [5.74, 6) is 1.69. The van der Waals surface area contributed by atoms with Gasteiger partial charge in [0.1, 0.15) is 18.1 Å². The van der Waals surface area contributed by atoms with Crippen LogP contribution in [-0.4, -0.2) is 56.9 Å². The Hall–Kier alpha value is -1.95. The lowest BCUT2D eigenvalue weighted by molar-refractivity contribution is 0.210. The monoisotopic (exact) mass is 347 g/mol. The standard InChI is InChI=1S/C19H29N3O3/c1-24-17-6-7-18-15(13-17)12-16(14-25-18)21-19(23)20-8-5-11-22-9-3-2-4-10-22/h6-7,13,16H,2-5,8-12,14H2,1H3,(H2,20,21,23). The summed E-state index contributed by atoms with van der Waals surface area (Å²) in [7, 11) is 1.65. The van der Waals surface area contributed by atoms with E-state index in [9.17, 15) is 4.79 Å². The van der Waals surface area contributed by atoms with E-state index in [0.29, 0.717) is 13.2 Å². The van der Waals surface area contributed by atoms with Gasteiger partial charge in [0.25, 0.3) is 0 Å². The number of benzene rings is 1. The van der Waals surface area contributed by atoms with Gasteiger partial charge in [-0.15, -0.1) is 0 Å². The second-order valence-corrected chi connectivity index (χ2v) is 6.84. The number of nitrogens with zero attached hydrogens (tertiary/aromatic N) is 1. The van der Waals surface area contributed by atoms with Crippen LogP contribution >= 0.6 is 0 Å². The van der Waals surface area contributed by atoms with Gasteiger partial charge in [0.15, 0.2) is 0 Å². The van der Waals surface area contributed by atoms with Crippen molar-refractivity contribution < 1.29 is 14.3 Å². The zero-order chi connectivity index (χ0) is 17.5. The highest BCUT2D eigenvalue weighted by Crippen LogP contribution is 2.28. The summed E-state index contributed by atoms with van der Waals surface area (Å²) in [5.41, 5.74) is 1.07.